The summed E-state index contributed by atoms with van der Waals surface area (Å²) in [5, 5.41) is 13.5. The predicted octanol–water partition coefficient (Wildman–Crippen LogP) is 3.16. The first-order chi connectivity index (χ1) is 9.54. The summed E-state index contributed by atoms with van der Waals surface area (Å²) in [4.78, 5) is 26.4. The molecule has 1 amide bonds. The highest BCUT2D eigenvalue weighted by atomic mass is 79.9. The van der Waals surface area contributed by atoms with Crippen molar-refractivity contribution in [2.24, 2.45) is 0 Å². The molecule has 6 nitrogen and oxygen atoms in total. The molecule has 0 unspecified atom stereocenters. The number of aromatic nitrogens is 1. The lowest BCUT2D eigenvalue weighted by molar-refractivity contribution is -0.137. The zero-order chi connectivity index (χ0) is 14.5. The van der Waals surface area contributed by atoms with E-state index in [0.717, 1.165) is 5.69 Å². The maximum absolute atomic E-state index is 11.8. The number of carbonyl (C=O) groups is 2. The van der Waals surface area contributed by atoms with Crippen LogP contribution in [0.4, 0.5) is 5.13 Å². The molecule has 0 atom stereocenters. The second-order valence-corrected chi connectivity index (χ2v) is 5.59. The van der Waals surface area contributed by atoms with E-state index in [4.69, 9.17) is 9.52 Å². The largest absolute Gasteiger partial charge is 0.481 e. The molecular weight excluding hydrogens is 348 g/mol. The number of aryl methyl sites for hydroxylation is 1. The summed E-state index contributed by atoms with van der Waals surface area (Å²) in [5.41, 5.74) is 0.771. The van der Waals surface area contributed by atoms with Gasteiger partial charge in [0.15, 0.2) is 15.6 Å². The Hall–Kier alpha value is -1.67. The molecule has 0 aliphatic carbocycles. The van der Waals surface area contributed by atoms with Crippen molar-refractivity contribution in [1.82, 2.24) is 4.98 Å². The van der Waals surface area contributed by atoms with E-state index < -0.39 is 5.97 Å². The van der Waals surface area contributed by atoms with E-state index in [1.807, 2.05) is 0 Å². The number of furan rings is 1. The van der Waals surface area contributed by atoms with Crippen LogP contribution in [0.5, 0.6) is 0 Å². The molecule has 2 heterocycles. The van der Waals surface area contributed by atoms with Crippen LogP contribution in [0.15, 0.2) is 26.6 Å². The number of carbonyl (C=O) groups excluding carboxylic acids is 1. The molecule has 0 aliphatic rings. The van der Waals surface area contributed by atoms with Crippen molar-refractivity contribution in [3.63, 3.8) is 0 Å². The molecule has 0 radical (unpaired) electrons. The summed E-state index contributed by atoms with van der Waals surface area (Å²) < 4.78 is 5.61. The number of aliphatic carboxylic acids is 1. The van der Waals surface area contributed by atoms with E-state index in [9.17, 15) is 9.59 Å². The van der Waals surface area contributed by atoms with Crippen LogP contribution in [-0.4, -0.2) is 22.0 Å². The molecule has 0 saturated carbocycles. The van der Waals surface area contributed by atoms with Gasteiger partial charge in [-0.3, -0.25) is 14.9 Å². The summed E-state index contributed by atoms with van der Waals surface area (Å²) in [6, 6.07) is 3.19. The van der Waals surface area contributed by atoms with Crippen LogP contribution in [0, 0.1) is 0 Å². The highest BCUT2D eigenvalue weighted by Crippen LogP contribution is 2.19. The Bertz CT molecular complexity index is 623. The third kappa shape index (κ3) is 4.17. The maximum atomic E-state index is 11.8. The maximum Gasteiger partial charge on any atom is 0.303 e. The van der Waals surface area contributed by atoms with E-state index >= 15 is 0 Å². The molecule has 0 aliphatic heterocycles. The van der Waals surface area contributed by atoms with E-state index in [0.29, 0.717) is 22.6 Å². The Morgan fingerprint density at radius 1 is 1.45 bits per heavy atom. The lowest BCUT2D eigenvalue weighted by Crippen LogP contribution is -2.10. The number of carboxylic acids is 1. The molecular formula is C12H11BrN2O4S. The fraction of sp³-hybridized carbons (Fsp3) is 0.250. The smallest absolute Gasteiger partial charge is 0.303 e. The lowest BCUT2D eigenvalue weighted by Gasteiger charge is -1.97. The van der Waals surface area contributed by atoms with Gasteiger partial charge in [-0.05, 0) is 40.9 Å². The average Bonchev–Trinajstić information content (AvgIpc) is 2.98. The SMILES string of the molecule is O=C(O)CCCc1csc(NC(=O)c2ccc(Br)o2)n1. The first-order valence-electron chi connectivity index (χ1n) is 5.77. The van der Waals surface area contributed by atoms with Gasteiger partial charge >= 0.3 is 5.97 Å². The highest BCUT2D eigenvalue weighted by Gasteiger charge is 2.12. The second kappa shape index (κ2) is 6.67. The van der Waals surface area contributed by atoms with Crippen molar-refractivity contribution in [1.29, 1.82) is 0 Å². The van der Waals surface area contributed by atoms with Gasteiger partial charge in [0.25, 0.3) is 5.91 Å². The zero-order valence-electron chi connectivity index (χ0n) is 10.3. The van der Waals surface area contributed by atoms with Crippen LogP contribution in [0.25, 0.3) is 0 Å². The Kier molecular flexibility index (Phi) is 4.91. The summed E-state index contributed by atoms with van der Waals surface area (Å²) in [6.07, 6.45) is 1.21. The standard InChI is InChI=1S/C12H11BrN2O4S/c13-9-5-4-8(19-9)11(18)15-12-14-7(6-20-12)2-1-3-10(16)17/h4-6H,1-3H2,(H,16,17)(H,14,15,18). The van der Waals surface area contributed by atoms with Crippen LogP contribution in [0.1, 0.15) is 29.1 Å². The number of anilines is 1. The normalized spacial score (nSPS) is 10.4. The molecule has 2 aromatic heterocycles. The molecule has 0 bridgehead atoms. The first kappa shape index (κ1) is 14.7. The Labute approximate surface area is 127 Å². The lowest BCUT2D eigenvalue weighted by atomic mass is 10.2. The van der Waals surface area contributed by atoms with Crippen molar-refractivity contribution in [3.05, 3.63) is 33.6 Å². The van der Waals surface area contributed by atoms with Gasteiger partial charge in [0, 0.05) is 11.8 Å². The van der Waals surface area contributed by atoms with Gasteiger partial charge in [-0.15, -0.1) is 11.3 Å². The van der Waals surface area contributed by atoms with Crippen LogP contribution in [-0.2, 0) is 11.2 Å². The number of carboxylic acid groups (broad SMARTS) is 1. The van der Waals surface area contributed by atoms with Crippen molar-refractivity contribution in [2.75, 3.05) is 5.32 Å². The van der Waals surface area contributed by atoms with Crippen LogP contribution >= 0.6 is 27.3 Å². The van der Waals surface area contributed by atoms with Crippen LogP contribution < -0.4 is 5.32 Å². The molecule has 0 fully saturated rings. The van der Waals surface area contributed by atoms with Gasteiger partial charge < -0.3 is 9.52 Å². The highest BCUT2D eigenvalue weighted by molar-refractivity contribution is 9.10. The molecule has 2 N–H and O–H groups in total. The fourth-order valence-electron chi connectivity index (χ4n) is 1.49. The predicted molar refractivity (Wildman–Crippen MR) is 77.0 cm³/mol. The van der Waals surface area contributed by atoms with Gasteiger partial charge in [0.05, 0.1) is 5.69 Å². The molecule has 106 valence electrons. The van der Waals surface area contributed by atoms with Gasteiger partial charge in [-0.1, -0.05) is 0 Å². The molecule has 2 aromatic rings. The van der Waals surface area contributed by atoms with E-state index in [-0.39, 0.29) is 18.1 Å². The zero-order valence-corrected chi connectivity index (χ0v) is 12.7. The number of rotatable bonds is 6. The van der Waals surface area contributed by atoms with E-state index in [2.05, 4.69) is 26.2 Å². The molecule has 0 aromatic carbocycles. The number of hydrogen-bond acceptors (Lipinski definition) is 5. The molecule has 2 rings (SSSR count). The third-order valence-electron chi connectivity index (χ3n) is 2.39. The number of hydrogen-bond donors (Lipinski definition) is 2. The quantitative estimate of drug-likeness (QED) is 0.827. The number of thiazole rings is 1. The van der Waals surface area contributed by atoms with E-state index in [1.165, 1.54) is 11.3 Å². The Morgan fingerprint density at radius 3 is 2.90 bits per heavy atom. The van der Waals surface area contributed by atoms with E-state index in [1.54, 1.807) is 17.5 Å². The van der Waals surface area contributed by atoms with Crippen molar-refractivity contribution in [2.45, 2.75) is 19.3 Å². The Morgan fingerprint density at radius 2 is 2.25 bits per heavy atom. The number of nitrogens with one attached hydrogen (secondary N) is 1. The van der Waals surface area contributed by atoms with Gasteiger partial charge in [0.1, 0.15) is 0 Å². The Balaban J connectivity index is 1.89. The summed E-state index contributed by atoms with van der Waals surface area (Å²) >= 11 is 4.42. The minimum absolute atomic E-state index is 0.111. The molecule has 0 spiro atoms. The first-order valence-corrected chi connectivity index (χ1v) is 7.45. The van der Waals surface area contributed by atoms with Crippen molar-refractivity contribution >= 4 is 44.3 Å². The topological polar surface area (TPSA) is 92.4 Å². The second-order valence-electron chi connectivity index (χ2n) is 3.95. The van der Waals surface area contributed by atoms with Gasteiger partial charge in [0.2, 0.25) is 0 Å². The summed E-state index contributed by atoms with van der Waals surface area (Å²) in [7, 11) is 0. The van der Waals surface area contributed by atoms with Gasteiger partial charge in [-0.25, -0.2) is 4.98 Å². The third-order valence-corrected chi connectivity index (χ3v) is 3.63. The number of halogens is 1. The molecule has 20 heavy (non-hydrogen) atoms. The average molecular weight is 359 g/mol. The summed E-state index contributed by atoms with van der Waals surface area (Å²) in [5.74, 6) is -1.00. The molecule has 0 saturated heterocycles. The fourth-order valence-corrected chi connectivity index (χ4v) is 2.54. The molecule has 8 heteroatoms. The minimum Gasteiger partial charge on any atom is -0.481 e. The summed E-state index contributed by atoms with van der Waals surface area (Å²) in [6.45, 7) is 0. The minimum atomic E-state index is -0.822. The number of nitrogens with zero attached hydrogens (tertiary/aromatic N) is 1. The monoisotopic (exact) mass is 358 g/mol. The van der Waals surface area contributed by atoms with Crippen molar-refractivity contribution in [3.8, 4) is 0 Å². The van der Waals surface area contributed by atoms with Crippen molar-refractivity contribution < 1.29 is 19.1 Å². The van der Waals surface area contributed by atoms with Gasteiger partial charge in [-0.2, -0.15) is 0 Å². The van der Waals surface area contributed by atoms with Crippen LogP contribution in [0.2, 0.25) is 0 Å². The number of amides is 1. The van der Waals surface area contributed by atoms with Crippen LogP contribution in [0.3, 0.4) is 0 Å².